The number of fused-ring (bicyclic) bond motifs is 1. The van der Waals surface area contributed by atoms with Crippen molar-refractivity contribution in [1.29, 1.82) is 5.26 Å². The Hall–Kier alpha value is -4.66. The molecule has 0 fully saturated rings. The minimum Gasteiger partial charge on any atom is -0.494 e. The van der Waals surface area contributed by atoms with Gasteiger partial charge in [-0.3, -0.25) is 4.79 Å². The molecule has 0 aliphatic heterocycles. The van der Waals surface area contributed by atoms with Crippen molar-refractivity contribution in [2.75, 3.05) is 56.9 Å². The van der Waals surface area contributed by atoms with Crippen LogP contribution in [0.25, 0.3) is 16.7 Å². The molecule has 0 aliphatic carbocycles. The van der Waals surface area contributed by atoms with Crippen LogP contribution in [0.4, 0.5) is 23.0 Å². The number of hydrogen-bond acceptors (Lipinski definition) is 9. The van der Waals surface area contributed by atoms with Crippen LogP contribution in [-0.2, 0) is 11.2 Å². The SMILES string of the molecule is C=CC(=O)Nc1cc(Nc2ncc(Cl)c(-n3nc(CCC)c4cc(C#N)ccc43)n2)c(OC)cc1N(C)CCN(C)C. The maximum absolute atomic E-state index is 12.3. The fourth-order valence-electron chi connectivity index (χ4n) is 4.43. The van der Waals surface area contributed by atoms with E-state index in [0.29, 0.717) is 33.5 Å². The zero-order valence-electron chi connectivity index (χ0n) is 24.4. The highest BCUT2D eigenvalue weighted by atomic mass is 35.5. The molecular weight excluding hydrogens is 554 g/mol. The Morgan fingerprint density at radius 2 is 2.00 bits per heavy atom. The number of amides is 1. The molecule has 4 aromatic rings. The molecule has 0 unspecified atom stereocenters. The van der Waals surface area contributed by atoms with Crippen LogP contribution in [-0.4, -0.2) is 71.9 Å². The Kier molecular flexibility index (Phi) is 9.62. The molecule has 0 saturated heterocycles. The number of carbonyl (C=O) groups is 1. The number of ether oxygens (including phenoxy) is 1. The number of aromatic nitrogens is 4. The highest BCUT2D eigenvalue weighted by Crippen LogP contribution is 2.38. The minimum absolute atomic E-state index is 0.247. The van der Waals surface area contributed by atoms with Crippen molar-refractivity contribution in [3.63, 3.8) is 0 Å². The van der Waals surface area contributed by atoms with Crippen molar-refractivity contribution in [2.45, 2.75) is 19.8 Å². The summed E-state index contributed by atoms with van der Waals surface area (Å²) in [7, 11) is 7.52. The summed E-state index contributed by atoms with van der Waals surface area (Å²) in [5, 5.41) is 21.5. The first kappa shape index (κ1) is 30.3. The minimum atomic E-state index is -0.341. The fourth-order valence-corrected chi connectivity index (χ4v) is 4.60. The number of carbonyl (C=O) groups excluding carboxylic acids is 1. The summed E-state index contributed by atoms with van der Waals surface area (Å²) in [6.45, 7) is 7.18. The van der Waals surface area contributed by atoms with E-state index in [9.17, 15) is 10.1 Å². The monoisotopic (exact) mass is 587 g/mol. The topological polar surface area (TPSA) is 124 Å². The average molecular weight is 588 g/mol. The number of benzene rings is 2. The van der Waals surface area contributed by atoms with Crippen molar-refractivity contribution < 1.29 is 9.53 Å². The number of nitrogens with one attached hydrogen (secondary N) is 2. The molecule has 0 radical (unpaired) electrons. The van der Waals surface area contributed by atoms with Crippen LogP contribution in [0.2, 0.25) is 5.02 Å². The lowest BCUT2D eigenvalue weighted by molar-refractivity contribution is -0.111. The largest absolute Gasteiger partial charge is 0.494 e. The van der Waals surface area contributed by atoms with Crippen LogP contribution >= 0.6 is 11.6 Å². The number of anilines is 4. The van der Waals surface area contributed by atoms with Gasteiger partial charge in [-0.1, -0.05) is 31.5 Å². The lowest BCUT2D eigenvalue weighted by Crippen LogP contribution is -2.29. The molecule has 2 heterocycles. The molecule has 4 rings (SSSR count). The van der Waals surface area contributed by atoms with Crippen molar-refractivity contribution >= 4 is 51.4 Å². The maximum Gasteiger partial charge on any atom is 0.247 e. The summed E-state index contributed by atoms with van der Waals surface area (Å²) in [6.07, 6.45) is 4.34. The predicted molar refractivity (Wildman–Crippen MR) is 167 cm³/mol. The van der Waals surface area contributed by atoms with Crippen molar-refractivity contribution in [3.05, 3.63) is 65.5 Å². The standard InChI is InChI=1S/C30H34ClN9O2/c1-7-9-22-20-14-19(17-32)10-11-25(20)40(37-22)29-21(31)18-33-30(36-29)35-24-15-23(34-28(41)8-2)26(16-27(24)42-6)39(5)13-12-38(3)4/h8,10-11,14-16,18H,2,7,9,12-13H2,1,3-6H3,(H,34,41)(H,33,35,36). The summed E-state index contributed by atoms with van der Waals surface area (Å²) in [5.41, 5.74) is 4.06. The summed E-state index contributed by atoms with van der Waals surface area (Å²) in [6, 6.07) is 11.2. The third kappa shape index (κ3) is 6.62. The van der Waals surface area contributed by atoms with Gasteiger partial charge in [0.15, 0.2) is 5.82 Å². The highest BCUT2D eigenvalue weighted by Gasteiger charge is 2.19. The molecule has 0 bridgehead atoms. The van der Waals surface area contributed by atoms with Crippen molar-refractivity contribution in [1.82, 2.24) is 24.6 Å². The van der Waals surface area contributed by atoms with E-state index in [4.69, 9.17) is 26.4 Å². The Labute approximate surface area is 250 Å². The Morgan fingerprint density at radius 3 is 2.67 bits per heavy atom. The quantitative estimate of drug-likeness (QED) is 0.216. The molecule has 0 atom stereocenters. The Morgan fingerprint density at radius 1 is 1.21 bits per heavy atom. The van der Waals surface area contributed by atoms with Crippen LogP contribution < -0.4 is 20.3 Å². The van der Waals surface area contributed by atoms with E-state index in [1.165, 1.54) is 12.3 Å². The van der Waals surface area contributed by atoms with Gasteiger partial charge in [0.05, 0.1) is 53.2 Å². The first-order valence-electron chi connectivity index (χ1n) is 13.4. The van der Waals surface area contributed by atoms with Crippen LogP contribution in [0.5, 0.6) is 5.75 Å². The molecule has 2 aromatic carbocycles. The molecule has 2 aromatic heterocycles. The second kappa shape index (κ2) is 13.3. The van der Waals surface area contributed by atoms with Crippen LogP contribution in [0.1, 0.15) is 24.6 Å². The summed E-state index contributed by atoms with van der Waals surface area (Å²) in [5.74, 6) is 0.811. The van der Waals surface area contributed by atoms with Crippen molar-refractivity contribution in [2.24, 2.45) is 0 Å². The number of rotatable bonds is 12. The molecule has 12 heteroatoms. The first-order valence-corrected chi connectivity index (χ1v) is 13.8. The van der Waals surface area contributed by atoms with Crippen LogP contribution in [0.15, 0.2) is 49.2 Å². The zero-order valence-corrected chi connectivity index (χ0v) is 25.2. The van der Waals surface area contributed by atoms with E-state index in [1.54, 1.807) is 23.9 Å². The lowest BCUT2D eigenvalue weighted by Gasteiger charge is -2.26. The molecule has 218 valence electrons. The number of likely N-dealkylation sites (N-methyl/N-ethyl adjacent to an activating group) is 2. The number of nitriles is 1. The second-order valence-corrected chi connectivity index (χ2v) is 10.3. The number of aryl methyl sites for hydroxylation is 1. The Bertz CT molecular complexity index is 1660. The van der Waals surface area contributed by atoms with Crippen LogP contribution in [0.3, 0.4) is 0 Å². The van der Waals surface area contributed by atoms with Gasteiger partial charge in [-0.2, -0.15) is 15.3 Å². The summed E-state index contributed by atoms with van der Waals surface area (Å²) >= 11 is 6.59. The van der Waals surface area contributed by atoms with E-state index < -0.39 is 0 Å². The van der Waals surface area contributed by atoms with Gasteiger partial charge in [0.25, 0.3) is 0 Å². The average Bonchev–Trinajstić information content (AvgIpc) is 3.34. The molecule has 11 nitrogen and oxygen atoms in total. The molecule has 1 amide bonds. The first-order chi connectivity index (χ1) is 20.2. The van der Waals surface area contributed by atoms with Gasteiger partial charge < -0.3 is 25.2 Å². The summed E-state index contributed by atoms with van der Waals surface area (Å²) in [4.78, 5) is 25.5. The van der Waals surface area contributed by atoms with Gasteiger partial charge >= 0.3 is 0 Å². The van der Waals surface area contributed by atoms with Gasteiger partial charge in [0.1, 0.15) is 10.8 Å². The van der Waals surface area contributed by atoms with Gasteiger partial charge in [-0.15, -0.1) is 0 Å². The van der Waals surface area contributed by atoms with Gasteiger partial charge in [0, 0.05) is 31.6 Å². The molecular formula is C30H34ClN9O2. The number of nitrogens with zero attached hydrogens (tertiary/aromatic N) is 7. The predicted octanol–water partition coefficient (Wildman–Crippen LogP) is 5.17. The van der Waals surface area contributed by atoms with E-state index in [2.05, 4.69) is 40.1 Å². The third-order valence-corrected chi connectivity index (χ3v) is 6.87. The molecule has 2 N–H and O–H groups in total. The van der Waals surface area contributed by atoms with E-state index in [1.807, 2.05) is 44.2 Å². The Balaban J connectivity index is 1.77. The van der Waals surface area contributed by atoms with Gasteiger partial charge in [-0.25, -0.2) is 9.67 Å². The number of hydrogen-bond donors (Lipinski definition) is 2. The van der Waals surface area contributed by atoms with Crippen LogP contribution in [0, 0.1) is 11.3 Å². The summed E-state index contributed by atoms with van der Waals surface area (Å²) < 4.78 is 7.38. The van der Waals surface area contributed by atoms with Gasteiger partial charge in [-0.05, 0) is 50.9 Å². The third-order valence-electron chi connectivity index (χ3n) is 6.60. The van der Waals surface area contributed by atoms with E-state index in [0.717, 1.165) is 48.2 Å². The molecule has 0 spiro atoms. The zero-order chi connectivity index (χ0) is 30.4. The lowest BCUT2D eigenvalue weighted by atomic mass is 10.1. The van der Waals surface area contributed by atoms with Crippen molar-refractivity contribution in [3.8, 4) is 17.6 Å². The van der Waals surface area contributed by atoms with Gasteiger partial charge in [0.2, 0.25) is 11.9 Å². The second-order valence-electron chi connectivity index (χ2n) is 9.93. The smallest absolute Gasteiger partial charge is 0.247 e. The number of methoxy groups -OCH3 is 1. The van der Waals surface area contributed by atoms with E-state index in [-0.39, 0.29) is 11.9 Å². The highest BCUT2D eigenvalue weighted by molar-refractivity contribution is 6.32. The maximum atomic E-state index is 12.3. The molecule has 0 saturated carbocycles. The normalized spacial score (nSPS) is 10.9. The molecule has 42 heavy (non-hydrogen) atoms. The number of halogens is 1. The van der Waals surface area contributed by atoms with E-state index >= 15 is 0 Å². The molecule has 0 aliphatic rings. The fraction of sp³-hybridized carbons (Fsp3) is 0.300.